The van der Waals surface area contributed by atoms with E-state index >= 15 is 0 Å². The normalized spacial score (nSPS) is 11.8. The van der Waals surface area contributed by atoms with Gasteiger partial charge >= 0.3 is 0 Å². The third-order valence-electron chi connectivity index (χ3n) is 6.41. The van der Waals surface area contributed by atoms with E-state index in [-0.39, 0.29) is 0 Å². The topological polar surface area (TPSA) is 17.1 Å². The average molecular weight is 433 g/mol. The van der Waals surface area contributed by atoms with Crippen molar-refractivity contribution in [3.05, 3.63) is 24.3 Å². The zero-order chi connectivity index (χ0) is 22.5. The van der Waals surface area contributed by atoms with Crippen LogP contribution in [-0.2, 0) is 4.79 Å². The molecule has 0 radical (unpaired) electrons. The van der Waals surface area contributed by atoms with Gasteiger partial charge in [0, 0.05) is 0 Å². The number of rotatable bonds is 26. The van der Waals surface area contributed by atoms with Crippen LogP contribution in [0.3, 0.4) is 0 Å². The molecule has 0 fully saturated rings. The monoisotopic (exact) mass is 432 g/mol. The highest BCUT2D eigenvalue weighted by Gasteiger charge is 1.95. The first-order valence-electron chi connectivity index (χ1n) is 14.2. The number of allylic oxidation sites excluding steroid dienone is 4. The lowest BCUT2D eigenvalue weighted by Gasteiger charge is -2.04. The van der Waals surface area contributed by atoms with Crippen LogP contribution in [0.2, 0.25) is 0 Å². The van der Waals surface area contributed by atoms with E-state index in [1.165, 1.54) is 154 Å². The fraction of sp³-hybridized carbons (Fsp3) is 0.833. The van der Waals surface area contributed by atoms with Crippen LogP contribution >= 0.6 is 0 Å². The maximum absolute atomic E-state index is 10.1. The largest absolute Gasteiger partial charge is 0.299 e. The van der Waals surface area contributed by atoms with Crippen molar-refractivity contribution in [1.29, 1.82) is 0 Å². The summed E-state index contributed by atoms with van der Waals surface area (Å²) in [6.07, 6.45) is 42.6. The van der Waals surface area contributed by atoms with Crippen molar-refractivity contribution in [1.82, 2.24) is 0 Å². The van der Waals surface area contributed by atoms with Gasteiger partial charge in [-0.1, -0.05) is 166 Å². The summed E-state index contributed by atoms with van der Waals surface area (Å²) in [5.41, 5.74) is 0. The molecule has 0 aromatic rings. The van der Waals surface area contributed by atoms with Gasteiger partial charge in [0.2, 0.25) is 0 Å². The predicted octanol–water partition coefficient (Wildman–Crippen LogP) is 10.7. The van der Waals surface area contributed by atoms with Crippen molar-refractivity contribution < 1.29 is 4.79 Å². The molecule has 0 aliphatic heterocycles. The van der Waals surface area contributed by atoms with Gasteiger partial charge in [-0.05, 0) is 18.9 Å². The molecule has 31 heavy (non-hydrogen) atoms. The van der Waals surface area contributed by atoms with Crippen LogP contribution < -0.4 is 0 Å². The Hall–Kier alpha value is -0.850. The molecule has 0 saturated heterocycles. The van der Waals surface area contributed by atoms with Crippen molar-refractivity contribution in [3.8, 4) is 0 Å². The minimum Gasteiger partial charge on any atom is -0.299 e. The second-order valence-corrected chi connectivity index (χ2v) is 9.52. The number of hydrogen-bond donors (Lipinski definition) is 0. The van der Waals surface area contributed by atoms with Crippen molar-refractivity contribution in [3.63, 3.8) is 0 Å². The summed E-state index contributed by atoms with van der Waals surface area (Å²) >= 11 is 0. The summed E-state index contributed by atoms with van der Waals surface area (Å²) in [6.45, 7) is 2.30. The summed E-state index contributed by atoms with van der Waals surface area (Å²) in [4.78, 5) is 10.1. The van der Waals surface area contributed by atoms with Crippen LogP contribution in [0.25, 0.3) is 0 Å². The zero-order valence-electron chi connectivity index (χ0n) is 21.3. The first-order valence-corrected chi connectivity index (χ1v) is 14.2. The highest BCUT2D eigenvalue weighted by Crippen LogP contribution is 2.15. The van der Waals surface area contributed by atoms with E-state index in [1.54, 1.807) is 0 Å². The van der Waals surface area contributed by atoms with Crippen LogP contribution in [0, 0.1) is 0 Å². The Bertz CT molecular complexity index is 382. The molecule has 0 aliphatic carbocycles. The lowest BCUT2D eigenvalue weighted by molar-refractivity contribution is -0.104. The summed E-state index contributed by atoms with van der Waals surface area (Å²) in [6, 6.07) is 0. The quantitative estimate of drug-likeness (QED) is 0.0574. The average Bonchev–Trinajstić information content (AvgIpc) is 2.78. The predicted molar refractivity (Wildman–Crippen MR) is 141 cm³/mol. The van der Waals surface area contributed by atoms with Crippen LogP contribution in [0.1, 0.15) is 161 Å². The molecule has 0 spiro atoms. The highest BCUT2D eigenvalue weighted by atomic mass is 16.1. The Kier molecular flexibility index (Phi) is 28.4. The number of unbranched alkanes of at least 4 members (excludes halogenated alkanes) is 23. The molecule has 0 aromatic carbocycles. The van der Waals surface area contributed by atoms with Gasteiger partial charge in [-0.2, -0.15) is 0 Å². The van der Waals surface area contributed by atoms with Gasteiger partial charge in [0.05, 0.1) is 0 Å². The maximum Gasteiger partial charge on any atom is 0.142 e. The third-order valence-corrected chi connectivity index (χ3v) is 6.41. The lowest BCUT2D eigenvalue weighted by atomic mass is 10.0. The summed E-state index contributed by atoms with van der Waals surface area (Å²) in [5.74, 6) is 0. The van der Waals surface area contributed by atoms with Gasteiger partial charge in [0.15, 0.2) is 0 Å². The zero-order valence-corrected chi connectivity index (χ0v) is 21.3. The third kappa shape index (κ3) is 29.1. The fourth-order valence-corrected chi connectivity index (χ4v) is 4.33. The summed E-state index contributed by atoms with van der Waals surface area (Å²) < 4.78 is 0. The van der Waals surface area contributed by atoms with Gasteiger partial charge in [-0.25, -0.2) is 0 Å². The Labute approximate surface area is 196 Å². The number of hydrogen-bond acceptors (Lipinski definition) is 1. The molecular weight excluding hydrogens is 376 g/mol. The van der Waals surface area contributed by atoms with Crippen LogP contribution in [0.5, 0.6) is 0 Å². The van der Waals surface area contributed by atoms with Gasteiger partial charge in [-0.15, -0.1) is 0 Å². The van der Waals surface area contributed by atoms with Crippen LogP contribution in [0.15, 0.2) is 24.3 Å². The highest BCUT2D eigenvalue weighted by molar-refractivity contribution is 5.65. The molecule has 182 valence electrons. The van der Waals surface area contributed by atoms with E-state index in [1.807, 2.05) is 12.2 Å². The van der Waals surface area contributed by atoms with Crippen LogP contribution in [0.4, 0.5) is 0 Å². The number of carbonyl (C=O) groups is 1. The van der Waals surface area contributed by atoms with Gasteiger partial charge in [-0.3, -0.25) is 4.79 Å². The SMILES string of the molecule is CCCCCCCCCCCCCCCCCCCCCCCCC/C=C/C=C/C=O. The Morgan fingerprint density at radius 3 is 1.03 bits per heavy atom. The molecule has 0 amide bonds. The summed E-state index contributed by atoms with van der Waals surface area (Å²) in [5, 5.41) is 0. The second kappa shape index (κ2) is 29.1. The minimum absolute atomic E-state index is 0.824. The standard InChI is InChI=1S/C30H56O/c1-2-3-4-5-6-7-8-9-10-11-12-13-14-15-16-17-18-19-20-21-22-23-24-25-26-27-28-29-30-31/h26-30H,2-25H2,1H3/b27-26+,29-28+. The van der Waals surface area contributed by atoms with E-state index in [9.17, 15) is 4.79 Å². The molecule has 0 atom stereocenters. The van der Waals surface area contributed by atoms with E-state index in [4.69, 9.17) is 0 Å². The maximum atomic E-state index is 10.1. The van der Waals surface area contributed by atoms with Crippen molar-refractivity contribution in [2.24, 2.45) is 0 Å². The molecule has 0 saturated carbocycles. The molecule has 0 bridgehead atoms. The molecule has 0 rings (SSSR count). The van der Waals surface area contributed by atoms with E-state index in [0.717, 1.165) is 12.7 Å². The first-order chi connectivity index (χ1) is 15.4. The van der Waals surface area contributed by atoms with Gasteiger partial charge < -0.3 is 0 Å². The minimum atomic E-state index is 0.824. The first kappa shape index (κ1) is 30.1. The van der Waals surface area contributed by atoms with E-state index in [0.29, 0.717) is 0 Å². The fourth-order valence-electron chi connectivity index (χ4n) is 4.33. The van der Waals surface area contributed by atoms with Crippen molar-refractivity contribution >= 4 is 6.29 Å². The van der Waals surface area contributed by atoms with Crippen LogP contribution in [-0.4, -0.2) is 6.29 Å². The Morgan fingerprint density at radius 1 is 0.387 bits per heavy atom. The summed E-state index contributed by atoms with van der Waals surface area (Å²) in [7, 11) is 0. The van der Waals surface area contributed by atoms with E-state index in [2.05, 4.69) is 13.0 Å². The molecular formula is C30H56O. The molecule has 0 aliphatic rings. The Balaban J connectivity index is 3.04. The molecule has 1 nitrogen and oxygen atoms in total. The molecule has 0 N–H and O–H groups in total. The molecule has 0 aromatic heterocycles. The Morgan fingerprint density at radius 2 is 0.710 bits per heavy atom. The second-order valence-electron chi connectivity index (χ2n) is 9.52. The smallest absolute Gasteiger partial charge is 0.142 e. The molecule has 0 heterocycles. The molecule has 1 heteroatoms. The van der Waals surface area contributed by atoms with Crippen molar-refractivity contribution in [2.75, 3.05) is 0 Å². The number of carbonyl (C=O) groups excluding carboxylic acids is 1. The lowest BCUT2D eigenvalue weighted by Crippen LogP contribution is -1.84. The van der Waals surface area contributed by atoms with Gasteiger partial charge in [0.25, 0.3) is 0 Å². The number of aldehydes is 1. The van der Waals surface area contributed by atoms with E-state index < -0.39 is 0 Å². The van der Waals surface area contributed by atoms with Gasteiger partial charge in [0.1, 0.15) is 6.29 Å². The van der Waals surface area contributed by atoms with Crippen molar-refractivity contribution in [2.45, 2.75) is 161 Å². The molecule has 0 unspecified atom stereocenters.